The van der Waals surface area contributed by atoms with Crippen molar-refractivity contribution in [3.8, 4) is 0 Å². The average molecular weight is 304 g/mol. The molecular weight excluding hydrogens is 288 g/mol. The van der Waals surface area contributed by atoms with Crippen molar-refractivity contribution in [2.75, 3.05) is 13.6 Å². The molecular formula is C14H16N4O4. The summed E-state index contributed by atoms with van der Waals surface area (Å²) < 4.78 is 1.56. The van der Waals surface area contributed by atoms with Gasteiger partial charge < -0.3 is 20.9 Å². The van der Waals surface area contributed by atoms with E-state index in [0.29, 0.717) is 6.42 Å². The molecule has 2 unspecified atom stereocenters. The van der Waals surface area contributed by atoms with E-state index in [-0.39, 0.29) is 23.7 Å². The zero-order valence-electron chi connectivity index (χ0n) is 12.2. The fraction of sp³-hybridized carbons (Fsp3) is 0.429. The maximum absolute atomic E-state index is 12.2. The highest BCUT2D eigenvalue weighted by Crippen LogP contribution is 2.62. The van der Waals surface area contributed by atoms with E-state index in [1.54, 1.807) is 18.5 Å². The lowest BCUT2D eigenvalue weighted by atomic mass is 9.97. The van der Waals surface area contributed by atoms with Crippen molar-refractivity contribution in [1.82, 2.24) is 15.2 Å². The van der Waals surface area contributed by atoms with Crippen molar-refractivity contribution >= 4 is 17.7 Å². The summed E-state index contributed by atoms with van der Waals surface area (Å²) >= 11 is 0. The minimum absolute atomic E-state index is 0.133. The molecule has 8 nitrogen and oxygen atoms in total. The minimum Gasteiger partial charge on any atom is -0.365 e. The molecule has 1 aliphatic carbocycles. The largest absolute Gasteiger partial charge is 0.365 e. The van der Waals surface area contributed by atoms with Crippen LogP contribution in [-0.4, -0.2) is 35.9 Å². The van der Waals surface area contributed by atoms with Crippen molar-refractivity contribution in [2.45, 2.75) is 18.9 Å². The molecule has 1 aromatic rings. The van der Waals surface area contributed by atoms with Crippen LogP contribution in [0.2, 0.25) is 0 Å². The van der Waals surface area contributed by atoms with Crippen LogP contribution in [0.1, 0.15) is 34.2 Å². The van der Waals surface area contributed by atoms with Crippen molar-refractivity contribution in [2.24, 2.45) is 11.1 Å². The summed E-state index contributed by atoms with van der Waals surface area (Å²) in [7, 11) is 1.54. The summed E-state index contributed by atoms with van der Waals surface area (Å²) in [5.74, 6) is -1.43. The molecule has 0 bridgehead atoms. The second kappa shape index (κ2) is 4.19. The molecule has 1 aliphatic heterocycles. The molecule has 0 saturated heterocycles. The lowest BCUT2D eigenvalue weighted by Crippen LogP contribution is -2.50. The van der Waals surface area contributed by atoms with Gasteiger partial charge in [-0.2, -0.15) is 0 Å². The predicted molar refractivity (Wildman–Crippen MR) is 76.3 cm³/mol. The first-order valence-corrected chi connectivity index (χ1v) is 6.84. The molecule has 4 N–H and O–H groups in total. The van der Waals surface area contributed by atoms with Crippen LogP contribution >= 0.6 is 0 Å². The van der Waals surface area contributed by atoms with Crippen LogP contribution in [0.4, 0.5) is 0 Å². The number of nitrogens with zero attached hydrogens (tertiary/aromatic N) is 1. The number of rotatable bonds is 2. The normalized spacial score (nSPS) is 28.7. The molecule has 1 aromatic heterocycles. The number of primary amides is 1. The Morgan fingerprint density at radius 2 is 2.09 bits per heavy atom. The average Bonchev–Trinajstić information content (AvgIpc) is 3.09. The second-order valence-corrected chi connectivity index (χ2v) is 5.97. The number of hydrogen-bond acceptors (Lipinski definition) is 4. The van der Waals surface area contributed by atoms with Gasteiger partial charge in [-0.25, -0.2) is 0 Å². The fourth-order valence-corrected chi connectivity index (χ4v) is 3.37. The van der Waals surface area contributed by atoms with Crippen molar-refractivity contribution in [3.63, 3.8) is 0 Å². The van der Waals surface area contributed by atoms with Crippen LogP contribution < -0.4 is 21.8 Å². The Labute approximate surface area is 125 Å². The number of carbonyl (C=O) groups is 3. The van der Waals surface area contributed by atoms with Gasteiger partial charge in [0.05, 0.1) is 11.0 Å². The quantitative estimate of drug-likeness (QED) is 0.618. The first-order valence-electron chi connectivity index (χ1n) is 6.84. The summed E-state index contributed by atoms with van der Waals surface area (Å²) in [5, 5.41) is 5.32. The molecule has 1 spiro atoms. The Morgan fingerprint density at radius 1 is 1.41 bits per heavy atom. The second-order valence-electron chi connectivity index (χ2n) is 5.97. The summed E-state index contributed by atoms with van der Waals surface area (Å²) in [5.41, 5.74) is 3.14. The molecule has 0 aromatic carbocycles. The monoisotopic (exact) mass is 304 g/mol. The van der Waals surface area contributed by atoms with Crippen LogP contribution in [0, 0.1) is 5.41 Å². The molecule has 2 heterocycles. The minimum atomic E-state index is -0.858. The lowest BCUT2D eigenvalue weighted by molar-refractivity contribution is -0.126. The van der Waals surface area contributed by atoms with Gasteiger partial charge in [0.25, 0.3) is 11.8 Å². The Bertz CT molecular complexity index is 784. The van der Waals surface area contributed by atoms with Gasteiger partial charge >= 0.3 is 0 Å². The fourth-order valence-electron chi connectivity index (χ4n) is 3.37. The maximum Gasteiger partial charge on any atom is 0.268 e. The zero-order valence-corrected chi connectivity index (χ0v) is 12.2. The van der Waals surface area contributed by atoms with E-state index in [1.165, 1.54) is 6.20 Å². The summed E-state index contributed by atoms with van der Waals surface area (Å²) in [4.78, 5) is 47.4. The number of carbonyl (C=O) groups excluding carboxylic acids is 3. The van der Waals surface area contributed by atoms with Crippen molar-refractivity contribution < 1.29 is 14.4 Å². The van der Waals surface area contributed by atoms with E-state index in [4.69, 9.17) is 5.73 Å². The van der Waals surface area contributed by atoms with E-state index in [0.717, 1.165) is 6.07 Å². The van der Waals surface area contributed by atoms with Gasteiger partial charge in [0.15, 0.2) is 5.43 Å². The topological polar surface area (TPSA) is 123 Å². The van der Waals surface area contributed by atoms with Crippen molar-refractivity contribution in [3.05, 3.63) is 33.7 Å². The standard InChI is InChI=1S/C14H16N4O4/c1-13(12(22)16-2)5-14(13)6-17-11(21)8-3-9(19)7(10(15)20)4-18(8)14/h3-4H,5-6H2,1-2H3,(H2,15,20)(H,16,22)(H,17,21). The van der Waals surface area contributed by atoms with Gasteiger partial charge in [0, 0.05) is 25.9 Å². The summed E-state index contributed by atoms with van der Waals surface area (Å²) in [6.45, 7) is 2.04. The maximum atomic E-state index is 12.2. The van der Waals surface area contributed by atoms with E-state index in [9.17, 15) is 19.2 Å². The molecule has 22 heavy (non-hydrogen) atoms. The third-order valence-corrected chi connectivity index (χ3v) is 4.83. The molecule has 116 valence electrons. The Balaban J connectivity index is 2.22. The van der Waals surface area contributed by atoms with Gasteiger partial charge in [0.1, 0.15) is 11.3 Å². The van der Waals surface area contributed by atoms with Gasteiger partial charge in [-0.1, -0.05) is 0 Å². The van der Waals surface area contributed by atoms with Crippen LogP contribution in [0.15, 0.2) is 17.1 Å². The molecule has 0 radical (unpaired) electrons. The smallest absolute Gasteiger partial charge is 0.268 e. The zero-order chi connectivity index (χ0) is 16.3. The van der Waals surface area contributed by atoms with Crippen LogP contribution in [0.3, 0.4) is 0 Å². The van der Waals surface area contributed by atoms with E-state index in [1.807, 2.05) is 0 Å². The highest BCUT2D eigenvalue weighted by molar-refractivity contribution is 5.97. The number of aromatic nitrogens is 1. The number of pyridine rings is 1. The van der Waals surface area contributed by atoms with Gasteiger partial charge in [-0.3, -0.25) is 19.2 Å². The Kier molecular flexibility index (Phi) is 2.72. The Hall–Kier alpha value is -2.64. The highest BCUT2D eigenvalue weighted by Gasteiger charge is 2.71. The lowest BCUT2D eigenvalue weighted by Gasteiger charge is -2.32. The molecule has 3 rings (SSSR count). The van der Waals surface area contributed by atoms with Crippen LogP contribution in [0.25, 0.3) is 0 Å². The highest BCUT2D eigenvalue weighted by atomic mass is 16.2. The number of nitrogens with two attached hydrogens (primary N) is 1. The number of amides is 3. The van der Waals surface area contributed by atoms with Crippen LogP contribution in [-0.2, 0) is 10.3 Å². The third-order valence-electron chi connectivity index (χ3n) is 4.83. The molecule has 1 saturated carbocycles. The summed E-state index contributed by atoms with van der Waals surface area (Å²) in [6, 6.07) is 1.10. The third kappa shape index (κ3) is 1.57. The van der Waals surface area contributed by atoms with Gasteiger partial charge in [0.2, 0.25) is 5.91 Å². The van der Waals surface area contributed by atoms with Crippen LogP contribution in [0.5, 0.6) is 0 Å². The molecule has 8 heteroatoms. The number of hydrogen-bond donors (Lipinski definition) is 3. The van der Waals surface area contributed by atoms with E-state index < -0.39 is 28.2 Å². The molecule has 2 atom stereocenters. The summed E-state index contributed by atoms with van der Waals surface area (Å²) in [6.07, 6.45) is 1.79. The predicted octanol–water partition coefficient (Wildman–Crippen LogP) is -1.46. The first-order chi connectivity index (χ1) is 10.3. The van der Waals surface area contributed by atoms with Gasteiger partial charge in [-0.15, -0.1) is 0 Å². The molecule has 2 aliphatic rings. The SMILES string of the molecule is CNC(=O)C1(C)CC12CNC(=O)c1cc(=O)c(C(N)=O)cn12. The van der Waals surface area contributed by atoms with E-state index in [2.05, 4.69) is 10.6 Å². The molecule has 3 amide bonds. The van der Waals surface area contributed by atoms with Gasteiger partial charge in [-0.05, 0) is 13.3 Å². The van der Waals surface area contributed by atoms with Crippen molar-refractivity contribution in [1.29, 1.82) is 0 Å². The number of nitrogens with one attached hydrogen (secondary N) is 2. The first kappa shape index (κ1) is 14.3. The van der Waals surface area contributed by atoms with E-state index >= 15 is 0 Å². The Morgan fingerprint density at radius 3 is 2.68 bits per heavy atom. The number of fused-ring (bicyclic) bond motifs is 2. The molecule has 1 fully saturated rings.